The molecule has 2 aliphatic rings. The van der Waals surface area contributed by atoms with Gasteiger partial charge in [0.2, 0.25) is 0 Å². The second-order valence-electron chi connectivity index (χ2n) is 11.3. The van der Waals surface area contributed by atoms with Gasteiger partial charge < -0.3 is 0 Å². The fraction of sp³-hybridized carbons (Fsp3) is 0.594. The highest BCUT2D eigenvalue weighted by Gasteiger charge is 2.43. The van der Waals surface area contributed by atoms with Gasteiger partial charge in [0.25, 0.3) is 0 Å². The summed E-state index contributed by atoms with van der Waals surface area (Å²) in [6.07, 6.45) is 13.8. The zero-order chi connectivity index (χ0) is 26.8. The van der Waals surface area contributed by atoms with E-state index in [2.05, 4.69) is 22.1 Å². The molecule has 1 fully saturated rings. The fourth-order valence-electron chi connectivity index (χ4n) is 6.30. The summed E-state index contributed by atoms with van der Waals surface area (Å²) in [5, 5.41) is 0. The molecule has 3 nitrogen and oxygen atoms in total. The van der Waals surface area contributed by atoms with E-state index in [0.717, 1.165) is 69.8 Å². The number of benzene rings is 1. The second-order valence-corrected chi connectivity index (χ2v) is 11.3. The van der Waals surface area contributed by atoms with Crippen LogP contribution in [0.5, 0.6) is 0 Å². The van der Waals surface area contributed by atoms with Crippen molar-refractivity contribution in [2.45, 2.75) is 102 Å². The summed E-state index contributed by atoms with van der Waals surface area (Å²) in [4.78, 5) is 21.6. The molecule has 206 valence electrons. The maximum Gasteiger partial charge on any atom is 0.398 e. The van der Waals surface area contributed by atoms with E-state index in [1.165, 1.54) is 17.0 Å². The molecular weight excluding hydrogens is 485 g/mol. The molecular formula is C32H41F3N2O. The van der Waals surface area contributed by atoms with Gasteiger partial charge in [0, 0.05) is 12.0 Å². The zero-order valence-electron chi connectivity index (χ0n) is 22.4. The molecule has 0 spiro atoms. The van der Waals surface area contributed by atoms with Crippen molar-refractivity contribution in [3.63, 3.8) is 0 Å². The van der Waals surface area contributed by atoms with Gasteiger partial charge in [0.1, 0.15) is 18.0 Å². The van der Waals surface area contributed by atoms with Crippen LogP contribution in [0.2, 0.25) is 0 Å². The molecule has 2 aliphatic carbocycles. The molecule has 0 radical (unpaired) electrons. The number of allylic oxidation sites excluding steroid dienone is 1. The van der Waals surface area contributed by atoms with E-state index in [0.29, 0.717) is 31.1 Å². The van der Waals surface area contributed by atoms with Gasteiger partial charge in [0.05, 0.1) is 11.4 Å². The van der Waals surface area contributed by atoms with Crippen LogP contribution < -0.4 is 0 Å². The van der Waals surface area contributed by atoms with E-state index in [1.54, 1.807) is 6.33 Å². The summed E-state index contributed by atoms with van der Waals surface area (Å²) < 4.78 is 40.9. The quantitative estimate of drug-likeness (QED) is 0.295. The smallest absolute Gasteiger partial charge is 0.299 e. The number of carbonyl (C=O) groups excluding carboxylic acids is 1. The number of ketones is 1. The predicted octanol–water partition coefficient (Wildman–Crippen LogP) is 8.51. The SMILES string of the molecule is O=C(CCCC1CCCC(Cc2ncnc3c2C=CCC3)CCC1)C(CCCc1ccccc1)C(F)(F)F. The first-order chi connectivity index (χ1) is 18.4. The number of Topliss-reactive ketones (excluding diaryl/α,β-unsaturated/α-hetero) is 1. The normalized spacial score (nSPS) is 20.8. The monoisotopic (exact) mass is 526 g/mol. The Balaban J connectivity index is 1.18. The molecule has 1 atom stereocenters. The van der Waals surface area contributed by atoms with Crippen LogP contribution in [-0.4, -0.2) is 21.9 Å². The number of nitrogens with zero attached hydrogens (tertiary/aromatic N) is 2. The van der Waals surface area contributed by atoms with Crippen LogP contribution in [0.1, 0.15) is 99.6 Å². The minimum Gasteiger partial charge on any atom is -0.299 e. The minimum atomic E-state index is -4.46. The topological polar surface area (TPSA) is 42.9 Å². The number of hydrogen-bond donors (Lipinski definition) is 0. The highest BCUT2D eigenvalue weighted by Crippen LogP contribution is 2.34. The average Bonchev–Trinajstić information content (AvgIpc) is 2.89. The summed E-state index contributed by atoms with van der Waals surface area (Å²) in [5.74, 6) is -1.32. The van der Waals surface area contributed by atoms with Crippen molar-refractivity contribution in [2.75, 3.05) is 0 Å². The maximum atomic E-state index is 13.6. The van der Waals surface area contributed by atoms with E-state index in [4.69, 9.17) is 0 Å². The number of carbonyl (C=O) groups is 1. The number of rotatable bonds is 11. The second kappa shape index (κ2) is 14.0. The van der Waals surface area contributed by atoms with Gasteiger partial charge in [-0.15, -0.1) is 0 Å². The van der Waals surface area contributed by atoms with E-state index >= 15 is 0 Å². The maximum absolute atomic E-state index is 13.6. The van der Waals surface area contributed by atoms with E-state index in [1.807, 2.05) is 30.3 Å². The first-order valence-electron chi connectivity index (χ1n) is 14.5. The van der Waals surface area contributed by atoms with Crippen molar-refractivity contribution in [1.82, 2.24) is 9.97 Å². The van der Waals surface area contributed by atoms with Crippen LogP contribution in [0.15, 0.2) is 42.7 Å². The largest absolute Gasteiger partial charge is 0.398 e. The Bertz CT molecular complexity index is 1040. The molecule has 0 aliphatic heterocycles. The van der Waals surface area contributed by atoms with Crippen molar-refractivity contribution < 1.29 is 18.0 Å². The van der Waals surface area contributed by atoms with Crippen molar-refractivity contribution in [1.29, 1.82) is 0 Å². The Labute approximate surface area is 225 Å². The van der Waals surface area contributed by atoms with Gasteiger partial charge in [-0.1, -0.05) is 87.4 Å². The summed E-state index contributed by atoms with van der Waals surface area (Å²) in [7, 11) is 0. The molecule has 1 unspecified atom stereocenters. The number of fused-ring (bicyclic) bond motifs is 1. The summed E-state index contributed by atoms with van der Waals surface area (Å²) >= 11 is 0. The van der Waals surface area contributed by atoms with E-state index in [-0.39, 0.29) is 12.8 Å². The Hall–Kier alpha value is -2.50. The number of aryl methyl sites for hydroxylation is 2. The van der Waals surface area contributed by atoms with Gasteiger partial charge in [0.15, 0.2) is 0 Å². The third kappa shape index (κ3) is 8.51. The molecule has 1 saturated carbocycles. The molecule has 1 heterocycles. The Morgan fingerprint density at radius 3 is 2.45 bits per heavy atom. The molecule has 0 amide bonds. The third-order valence-corrected chi connectivity index (χ3v) is 8.43. The van der Waals surface area contributed by atoms with Crippen LogP contribution >= 0.6 is 0 Å². The standard InChI is InChI=1S/C32H41F3N2O/c33-32(34,35)28(19-8-14-24-10-2-1-3-11-24)31(38)21-9-15-25-12-6-16-26(17-7-13-25)22-30-27-18-4-5-20-29(27)36-23-37-30/h1-4,10-11,18,23,25-26,28H,5-9,12-17,19-22H2. The lowest BCUT2D eigenvalue weighted by Crippen LogP contribution is -2.31. The highest BCUT2D eigenvalue weighted by atomic mass is 19.4. The van der Waals surface area contributed by atoms with E-state index in [9.17, 15) is 18.0 Å². The number of halogens is 3. The Morgan fingerprint density at radius 2 is 1.71 bits per heavy atom. The van der Waals surface area contributed by atoms with Gasteiger partial charge in [-0.2, -0.15) is 13.2 Å². The molecule has 0 N–H and O–H groups in total. The van der Waals surface area contributed by atoms with Gasteiger partial charge >= 0.3 is 6.18 Å². The molecule has 0 bridgehead atoms. The first-order valence-corrected chi connectivity index (χ1v) is 14.5. The van der Waals surface area contributed by atoms with Gasteiger partial charge in [-0.25, -0.2) is 9.97 Å². The summed E-state index contributed by atoms with van der Waals surface area (Å²) in [6.45, 7) is 0. The lowest BCUT2D eigenvalue weighted by molar-refractivity contribution is -0.183. The molecule has 6 heteroatoms. The van der Waals surface area contributed by atoms with Crippen LogP contribution in [0.4, 0.5) is 13.2 Å². The summed E-state index contributed by atoms with van der Waals surface area (Å²) in [5.41, 5.74) is 4.58. The third-order valence-electron chi connectivity index (χ3n) is 8.43. The number of alkyl halides is 3. The lowest BCUT2D eigenvalue weighted by atomic mass is 9.81. The van der Waals surface area contributed by atoms with Crippen molar-refractivity contribution in [2.24, 2.45) is 17.8 Å². The fourth-order valence-corrected chi connectivity index (χ4v) is 6.30. The number of aromatic nitrogens is 2. The van der Waals surface area contributed by atoms with Gasteiger partial charge in [-0.05, 0) is 62.3 Å². The Morgan fingerprint density at radius 1 is 0.974 bits per heavy atom. The minimum absolute atomic E-state index is 0.0426. The molecule has 4 rings (SSSR count). The van der Waals surface area contributed by atoms with Crippen molar-refractivity contribution >= 4 is 11.9 Å². The molecule has 1 aromatic heterocycles. The molecule has 1 aromatic carbocycles. The van der Waals surface area contributed by atoms with Crippen molar-refractivity contribution in [3.05, 3.63) is 65.2 Å². The average molecular weight is 527 g/mol. The van der Waals surface area contributed by atoms with Gasteiger partial charge in [-0.3, -0.25) is 4.79 Å². The van der Waals surface area contributed by atoms with E-state index < -0.39 is 17.9 Å². The van der Waals surface area contributed by atoms with Crippen LogP contribution in [-0.2, 0) is 24.1 Å². The molecule has 0 saturated heterocycles. The first kappa shape index (κ1) is 28.5. The predicted molar refractivity (Wildman–Crippen MR) is 146 cm³/mol. The summed E-state index contributed by atoms with van der Waals surface area (Å²) in [6, 6.07) is 9.51. The zero-order valence-corrected chi connectivity index (χ0v) is 22.4. The van der Waals surface area contributed by atoms with Crippen molar-refractivity contribution in [3.8, 4) is 0 Å². The Kier molecular flexibility index (Phi) is 10.5. The molecule has 2 aromatic rings. The van der Waals surface area contributed by atoms with Crippen LogP contribution in [0.25, 0.3) is 6.08 Å². The molecule has 38 heavy (non-hydrogen) atoms. The lowest BCUT2D eigenvalue weighted by Gasteiger charge is -2.25. The number of hydrogen-bond acceptors (Lipinski definition) is 3. The van der Waals surface area contributed by atoms with Crippen LogP contribution in [0.3, 0.4) is 0 Å². The van der Waals surface area contributed by atoms with Crippen LogP contribution in [0, 0.1) is 17.8 Å². The highest BCUT2D eigenvalue weighted by molar-refractivity contribution is 5.81.